The van der Waals surface area contributed by atoms with E-state index in [0.717, 1.165) is 12.5 Å². The van der Waals surface area contributed by atoms with Crippen molar-refractivity contribution in [1.29, 1.82) is 0 Å². The molecule has 1 aromatic rings. The van der Waals surface area contributed by atoms with Crippen LogP contribution in [0.3, 0.4) is 0 Å². The van der Waals surface area contributed by atoms with Crippen LogP contribution in [0.1, 0.15) is 44.9 Å². The molecule has 1 heterocycles. The average molecular weight is 221 g/mol. The van der Waals surface area contributed by atoms with Gasteiger partial charge in [0.15, 0.2) is 0 Å². The maximum atomic E-state index is 4.57. The minimum atomic E-state index is 0.137. The van der Waals surface area contributed by atoms with Crippen molar-refractivity contribution in [2.24, 2.45) is 13.0 Å². The molecule has 1 saturated carbocycles. The lowest BCUT2D eigenvalue weighted by atomic mass is 9.89. The molecule has 0 radical (unpaired) electrons. The van der Waals surface area contributed by atoms with Gasteiger partial charge in [0, 0.05) is 30.8 Å². The van der Waals surface area contributed by atoms with Crippen LogP contribution in [0.2, 0.25) is 0 Å². The fourth-order valence-electron chi connectivity index (χ4n) is 2.03. The molecule has 0 unspecified atom stereocenters. The molecular formula is C13H23N3. The number of hydrogen-bond donors (Lipinski definition) is 1. The van der Waals surface area contributed by atoms with Gasteiger partial charge in [0.05, 0.1) is 5.69 Å². The van der Waals surface area contributed by atoms with E-state index in [9.17, 15) is 0 Å². The van der Waals surface area contributed by atoms with Crippen molar-refractivity contribution in [1.82, 2.24) is 15.1 Å². The summed E-state index contributed by atoms with van der Waals surface area (Å²) >= 11 is 0. The van der Waals surface area contributed by atoms with E-state index in [0.29, 0.717) is 0 Å². The SMILES string of the molecule is Cn1cc(CNCC2CC2)c(C(C)(C)C)n1. The first-order valence-electron chi connectivity index (χ1n) is 6.20. The van der Waals surface area contributed by atoms with Gasteiger partial charge in [0.1, 0.15) is 0 Å². The van der Waals surface area contributed by atoms with Crippen molar-refractivity contribution in [3.05, 3.63) is 17.5 Å². The summed E-state index contributed by atoms with van der Waals surface area (Å²) in [6.45, 7) is 8.79. The second-order valence-corrected chi connectivity index (χ2v) is 6.00. The average Bonchev–Trinajstić information content (AvgIpc) is 2.88. The van der Waals surface area contributed by atoms with Crippen molar-refractivity contribution >= 4 is 0 Å². The van der Waals surface area contributed by atoms with Crippen molar-refractivity contribution in [2.45, 2.75) is 45.6 Å². The highest BCUT2D eigenvalue weighted by Gasteiger charge is 2.23. The van der Waals surface area contributed by atoms with Crippen molar-refractivity contribution in [2.75, 3.05) is 6.54 Å². The molecule has 1 N–H and O–H groups in total. The minimum Gasteiger partial charge on any atom is -0.312 e. The Morgan fingerprint density at radius 2 is 2.12 bits per heavy atom. The van der Waals surface area contributed by atoms with E-state index in [4.69, 9.17) is 0 Å². The molecule has 3 heteroatoms. The second-order valence-electron chi connectivity index (χ2n) is 6.00. The van der Waals surface area contributed by atoms with Crippen LogP contribution in [-0.4, -0.2) is 16.3 Å². The van der Waals surface area contributed by atoms with Crippen LogP contribution >= 0.6 is 0 Å². The van der Waals surface area contributed by atoms with Crippen molar-refractivity contribution < 1.29 is 0 Å². The molecule has 0 spiro atoms. The van der Waals surface area contributed by atoms with Crippen molar-refractivity contribution in [3.8, 4) is 0 Å². The fourth-order valence-corrected chi connectivity index (χ4v) is 2.03. The van der Waals surface area contributed by atoms with E-state index in [1.165, 1.54) is 30.6 Å². The van der Waals surface area contributed by atoms with E-state index >= 15 is 0 Å². The van der Waals surface area contributed by atoms with E-state index in [2.05, 4.69) is 37.4 Å². The standard InChI is InChI=1S/C13H23N3/c1-13(2,3)12-11(9-16(4)15-12)8-14-7-10-5-6-10/h9-10,14H,5-8H2,1-4H3. The normalized spacial score (nSPS) is 16.8. The molecule has 1 aliphatic carbocycles. The Kier molecular flexibility index (Phi) is 3.06. The van der Waals surface area contributed by atoms with Gasteiger partial charge < -0.3 is 5.32 Å². The number of rotatable bonds is 4. The van der Waals surface area contributed by atoms with Gasteiger partial charge in [-0.3, -0.25) is 4.68 Å². The zero-order chi connectivity index (χ0) is 11.8. The molecule has 0 aromatic carbocycles. The van der Waals surface area contributed by atoms with Crippen LogP contribution in [0.5, 0.6) is 0 Å². The van der Waals surface area contributed by atoms with Crippen LogP contribution in [0.15, 0.2) is 6.20 Å². The Balaban J connectivity index is 2.00. The second kappa shape index (κ2) is 4.21. The number of nitrogens with zero attached hydrogens (tertiary/aromatic N) is 2. The molecule has 3 nitrogen and oxygen atoms in total. The first-order valence-corrected chi connectivity index (χ1v) is 6.20. The third-order valence-electron chi connectivity index (χ3n) is 3.06. The lowest BCUT2D eigenvalue weighted by Gasteiger charge is -2.17. The molecule has 0 amide bonds. The number of aryl methyl sites for hydroxylation is 1. The van der Waals surface area contributed by atoms with Gasteiger partial charge in [-0.2, -0.15) is 5.10 Å². The molecule has 16 heavy (non-hydrogen) atoms. The van der Waals surface area contributed by atoms with Gasteiger partial charge in [-0.1, -0.05) is 20.8 Å². The highest BCUT2D eigenvalue weighted by atomic mass is 15.3. The zero-order valence-corrected chi connectivity index (χ0v) is 10.9. The van der Waals surface area contributed by atoms with Crippen molar-refractivity contribution in [3.63, 3.8) is 0 Å². The predicted octanol–water partition coefficient (Wildman–Crippen LogP) is 2.22. The van der Waals surface area contributed by atoms with Gasteiger partial charge in [-0.15, -0.1) is 0 Å². The molecule has 0 saturated heterocycles. The fraction of sp³-hybridized carbons (Fsp3) is 0.769. The van der Waals surface area contributed by atoms with E-state index < -0.39 is 0 Å². The summed E-state index contributed by atoms with van der Waals surface area (Å²) in [5, 5.41) is 8.11. The summed E-state index contributed by atoms with van der Waals surface area (Å²) in [5.74, 6) is 0.940. The van der Waals surface area contributed by atoms with E-state index in [-0.39, 0.29) is 5.41 Å². The Morgan fingerprint density at radius 1 is 1.44 bits per heavy atom. The molecule has 1 aromatic heterocycles. The number of aromatic nitrogens is 2. The third-order valence-corrected chi connectivity index (χ3v) is 3.06. The first kappa shape index (κ1) is 11.6. The Bertz CT molecular complexity index is 356. The quantitative estimate of drug-likeness (QED) is 0.845. The Labute approximate surface area is 98.2 Å². The lowest BCUT2D eigenvalue weighted by molar-refractivity contribution is 0.542. The highest BCUT2D eigenvalue weighted by molar-refractivity contribution is 5.23. The van der Waals surface area contributed by atoms with Crippen LogP contribution in [0.25, 0.3) is 0 Å². The van der Waals surface area contributed by atoms with Crippen LogP contribution < -0.4 is 5.32 Å². The summed E-state index contributed by atoms with van der Waals surface area (Å²) in [5.41, 5.74) is 2.70. The minimum absolute atomic E-state index is 0.137. The van der Waals surface area contributed by atoms with E-state index in [1.54, 1.807) is 0 Å². The zero-order valence-electron chi connectivity index (χ0n) is 10.9. The summed E-state index contributed by atoms with van der Waals surface area (Å²) in [6, 6.07) is 0. The molecule has 1 aliphatic rings. The van der Waals surface area contributed by atoms with Gasteiger partial charge in [0.25, 0.3) is 0 Å². The predicted molar refractivity (Wildman–Crippen MR) is 66.3 cm³/mol. The van der Waals surface area contributed by atoms with Crippen LogP contribution in [0.4, 0.5) is 0 Å². The molecule has 0 atom stereocenters. The van der Waals surface area contributed by atoms with Crippen LogP contribution in [0, 0.1) is 5.92 Å². The highest BCUT2D eigenvalue weighted by Crippen LogP contribution is 2.28. The largest absolute Gasteiger partial charge is 0.312 e. The summed E-state index contributed by atoms with van der Waals surface area (Å²) in [4.78, 5) is 0. The monoisotopic (exact) mass is 221 g/mol. The van der Waals surface area contributed by atoms with Gasteiger partial charge >= 0.3 is 0 Å². The van der Waals surface area contributed by atoms with Gasteiger partial charge in [0.2, 0.25) is 0 Å². The molecular weight excluding hydrogens is 198 g/mol. The Morgan fingerprint density at radius 3 is 2.69 bits per heavy atom. The summed E-state index contributed by atoms with van der Waals surface area (Å²) < 4.78 is 1.93. The lowest BCUT2D eigenvalue weighted by Crippen LogP contribution is -2.20. The molecule has 0 aliphatic heterocycles. The van der Waals surface area contributed by atoms with Gasteiger partial charge in [-0.05, 0) is 25.3 Å². The molecule has 0 bridgehead atoms. The third kappa shape index (κ3) is 2.85. The maximum absolute atomic E-state index is 4.57. The summed E-state index contributed by atoms with van der Waals surface area (Å²) in [6.07, 6.45) is 4.96. The topological polar surface area (TPSA) is 29.9 Å². The van der Waals surface area contributed by atoms with E-state index in [1.807, 2.05) is 11.7 Å². The van der Waals surface area contributed by atoms with Gasteiger partial charge in [-0.25, -0.2) is 0 Å². The maximum Gasteiger partial charge on any atom is 0.0722 e. The first-order chi connectivity index (χ1) is 7.47. The Hall–Kier alpha value is -0.830. The molecule has 1 fully saturated rings. The molecule has 90 valence electrons. The summed E-state index contributed by atoms with van der Waals surface area (Å²) in [7, 11) is 2.00. The number of hydrogen-bond acceptors (Lipinski definition) is 2. The van der Waals surface area contributed by atoms with Crippen LogP contribution in [-0.2, 0) is 19.0 Å². The smallest absolute Gasteiger partial charge is 0.0722 e. The number of nitrogens with one attached hydrogen (secondary N) is 1. The molecule has 2 rings (SSSR count).